The van der Waals surface area contributed by atoms with Crippen molar-refractivity contribution in [3.8, 4) is 0 Å². The lowest BCUT2D eigenvalue weighted by atomic mass is 10.0. The molecular formula is C12H16O2. The number of aryl methyl sites for hydroxylation is 1. The fraction of sp³-hybridized carbons (Fsp3) is 0.333. The van der Waals surface area contributed by atoms with Crippen LogP contribution in [0.25, 0.3) is 0 Å². The molecule has 0 unspecified atom stereocenters. The predicted molar refractivity (Wildman–Crippen MR) is 56.9 cm³/mol. The molecule has 0 aromatic heterocycles. The molecule has 0 saturated heterocycles. The monoisotopic (exact) mass is 192 g/mol. The number of aliphatic hydroxyl groups is 1. The van der Waals surface area contributed by atoms with Crippen LogP contribution < -0.4 is 0 Å². The van der Waals surface area contributed by atoms with E-state index in [0.29, 0.717) is 12.2 Å². The molecule has 0 amide bonds. The molecule has 1 aromatic rings. The quantitative estimate of drug-likeness (QED) is 0.743. The highest BCUT2D eigenvalue weighted by Gasteiger charge is 2.11. The first kappa shape index (κ1) is 10.8. The van der Waals surface area contributed by atoms with E-state index in [1.807, 2.05) is 31.2 Å². The molecule has 0 bridgehead atoms. The van der Waals surface area contributed by atoms with Gasteiger partial charge in [0.15, 0.2) is 0 Å². The Bertz CT molecular complexity index is 318. The number of hydrogen-bond acceptors (Lipinski definition) is 2. The van der Waals surface area contributed by atoms with Crippen molar-refractivity contribution in [2.75, 3.05) is 7.11 Å². The van der Waals surface area contributed by atoms with Crippen LogP contribution in [0.1, 0.15) is 23.7 Å². The second kappa shape index (κ2) is 4.82. The van der Waals surface area contributed by atoms with Gasteiger partial charge in [-0.2, -0.15) is 0 Å². The molecule has 76 valence electrons. The second-order valence-corrected chi connectivity index (χ2v) is 3.32. The zero-order valence-electron chi connectivity index (χ0n) is 8.66. The number of rotatable bonds is 4. The molecule has 0 aliphatic heterocycles. The van der Waals surface area contributed by atoms with Crippen molar-refractivity contribution in [1.82, 2.24) is 0 Å². The third kappa shape index (κ3) is 2.60. The van der Waals surface area contributed by atoms with Crippen LogP contribution in [0.4, 0.5) is 0 Å². The van der Waals surface area contributed by atoms with Crippen LogP contribution >= 0.6 is 0 Å². The molecule has 1 atom stereocenters. The minimum Gasteiger partial charge on any atom is -0.502 e. The summed E-state index contributed by atoms with van der Waals surface area (Å²) in [6.45, 7) is 5.67. The highest BCUT2D eigenvalue weighted by molar-refractivity contribution is 5.28. The molecule has 0 aliphatic rings. The van der Waals surface area contributed by atoms with Crippen molar-refractivity contribution in [3.05, 3.63) is 47.7 Å². The van der Waals surface area contributed by atoms with Crippen molar-refractivity contribution >= 4 is 0 Å². The van der Waals surface area contributed by atoms with E-state index in [0.717, 1.165) is 11.1 Å². The number of methoxy groups -OCH3 is 1. The highest BCUT2D eigenvalue weighted by Crippen LogP contribution is 2.22. The summed E-state index contributed by atoms with van der Waals surface area (Å²) in [6.07, 6.45) is -0.0786. The lowest BCUT2D eigenvalue weighted by molar-refractivity contribution is 0.149. The molecule has 1 N–H and O–H groups in total. The van der Waals surface area contributed by atoms with Gasteiger partial charge in [-0.05, 0) is 18.1 Å². The number of benzene rings is 1. The Morgan fingerprint density at radius 2 is 2.14 bits per heavy atom. The van der Waals surface area contributed by atoms with Gasteiger partial charge < -0.3 is 9.84 Å². The Morgan fingerprint density at radius 1 is 1.50 bits per heavy atom. The molecule has 2 nitrogen and oxygen atoms in total. The molecule has 0 heterocycles. The normalized spacial score (nSPS) is 12.2. The standard InChI is InChI=1S/C12H16O2/c1-9-6-4-5-7-11(9)12(13)8-10(2)14-3/h4-7,12-13H,2,8H2,1,3H3/t12-/m0/s1. The van der Waals surface area contributed by atoms with E-state index in [1.54, 1.807) is 7.11 Å². The van der Waals surface area contributed by atoms with E-state index in [-0.39, 0.29) is 0 Å². The Labute approximate surface area is 84.8 Å². The Morgan fingerprint density at radius 3 is 2.71 bits per heavy atom. The van der Waals surface area contributed by atoms with Gasteiger partial charge in [0.1, 0.15) is 0 Å². The smallest absolute Gasteiger partial charge is 0.0913 e. The number of aliphatic hydroxyl groups excluding tert-OH is 1. The van der Waals surface area contributed by atoms with Crippen LogP contribution in [0.3, 0.4) is 0 Å². The van der Waals surface area contributed by atoms with Crippen molar-refractivity contribution < 1.29 is 9.84 Å². The lowest BCUT2D eigenvalue weighted by Crippen LogP contribution is -2.01. The van der Waals surface area contributed by atoms with E-state index in [9.17, 15) is 5.11 Å². The summed E-state index contributed by atoms with van der Waals surface area (Å²) in [7, 11) is 1.56. The summed E-state index contributed by atoms with van der Waals surface area (Å²) >= 11 is 0. The maximum atomic E-state index is 9.86. The van der Waals surface area contributed by atoms with Crippen molar-refractivity contribution in [1.29, 1.82) is 0 Å². The molecule has 1 rings (SSSR count). The van der Waals surface area contributed by atoms with E-state index in [4.69, 9.17) is 4.74 Å². The predicted octanol–water partition coefficient (Wildman–Crippen LogP) is 2.58. The SMILES string of the molecule is C=C(C[C@H](O)c1ccccc1C)OC. The molecule has 0 aliphatic carbocycles. The first-order valence-corrected chi connectivity index (χ1v) is 4.60. The van der Waals surface area contributed by atoms with Gasteiger partial charge in [0.2, 0.25) is 0 Å². The van der Waals surface area contributed by atoms with E-state index >= 15 is 0 Å². The molecule has 0 fully saturated rings. The summed E-state index contributed by atoms with van der Waals surface area (Å²) in [5.41, 5.74) is 2.02. The largest absolute Gasteiger partial charge is 0.502 e. The lowest BCUT2D eigenvalue weighted by Gasteiger charge is -2.14. The Hall–Kier alpha value is -1.28. The highest BCUT2D eigenvalue weighted by atomic mass is 16.5. The first-order valence-electron chi connectivity index (χ1n) is 4.60. The van der Waals surface area contributed by atoms with Crippen LogP contribution in [0.5, 0.6) is 0 Å². The van der Waals surface area contributed by atoms with Gasteiger partial charge in [-0.25, -0.2) is 0 Å². The Balaban J connectivity index is 2.74. The summed E-state index contributed by atoms with van der Waals surface area (Å²) in [5, 5.41) is 9.86. The van der Waals surface area contributed by atoms with Gasteiger partial charge in [-0.15, -0.1) is 0 Å². The van der Waals surface area contributed by atoms with Crippen molar-refractivity contribution in [3.63, 3.8) is 0 Å². The summed E-state index contributed by atoms with van der Waals surface area (Å²) in [5.74, 6) is 0.598. The molecule has 1 aromatic carbocycles. The molecule has 14 heavy (non-hydrogen) atoms. The number of ether oxygens (including phenoxy) is 1. The van der Waals surface area contributed by atoms with Crippen molar-refractivity contribution in [2.24, 2.45) is 0 Å². The van der Waals surface area contributed by atoms with Crippen LogP contribution in [0, 0.1) is 6.92 Å². The minimum atomic E-state index is -0.524. The van der Waals surface area contributed by atoms with Crippen LogP contribution in [0.15, 0.2) is 36.6 Å². The molecule has 2 heteroatoms. The van der Waals surface area contributed by atoms with Gasteiger partial charge >= 0.3 is 0 Å². The topological polar surface area (TPSA) is 29.5 Å². The van der Waals surface area contributed by atoms with Gasteiger partial charge in [0.05, 0.1) is 19.0 Å². The fourth-order valence-electron chi connectivity index (χ4n) is 1.37. The maximum Gasteiger partial charge on any atom is 0.0913 e. The fourth-order valence-corrected chi connectivity index (χ4v) is 1.37. The van der Waals surface area contributed by atoms with Gasteiger partial charge in [0, 0.05) is 6.42 Å². The average Bonchev–Trinajstić information content (AvgIpc) is 2.18. The van der Waals surface area contributed by atoms with E-state index in [1.165, 1.54) is 0 Å². The summed E-state index contributed by atoms with van der Waals surface area (Å²) in [6, 6.07) is 7.77. The van der Waals surface area contributed by atoms with Crippen molar-refractivity contribution in [2.45, 2.75) is 19.4 Å². The molecular weight excluding hydrogens is 176 g/mol. The third-order valence-corrected chi connectivity index (χ3v) is 2.26. The third-order valence-electron chi connectivity index (χ3n) is 2.26. The minimum absolute atomic E-state index is 0.446. The summed E-state index contributed by atoms with van der Waals surface area (Å²) in [4.78, 5) is 0. The van der Waals surface area contributed by atoms with Gasteiger partial charge in [-0.1, -0.05) is 30.8 Å². The summed E-state index contributed by atoms with van der Waals surface area (Å²) < 4.78 is 4.93. The van der Waals surface area contributed by atoms with Gasteiger partial charge in [-0.3, -0.25) is 0 Å². The maximum absolute atomic E-state index is 9.86. The zero-order valence-corrected chi connectivity index (χ0v) is 8.66. The molecule has 0 radical (unpaired) electrons. The van der Waals surface area contributed by atoms with E-state index < -0.39 is 6.10 Å². The second-order valence-electron chi connectivity index (χ2n) is 3.32. The average molecular weight is 192 g/mol. The van der Waals surface area contributed by atoms with Crippen LogP contribution in [-0.4, -0.2) is 12.2 Å². The molecule has 0 spiro atoms. The van der Waals surface area contributed by atoms with E-state index in [2.05, 4.69) is 6.58 Å². The molecule has 0 saturated carbocycles. The van der Waals surface area contributed by atoms with Gasteiger partial charge in [0.25, 0.3) is 0 Å². The van der Waals surface area contributed by atoms with Crippen LogP contribution in [0.2, 0.25) is 0 Å². The Kier molecular flexibility index (Phi) is 3.72. The van der Waals surface area contributed by atoms with Crippen LogP contribution in [-0.2, 0) is 4.74 Å². The number of hydrogen-bond donors (Lipinski definition) is 1. The first-order chi connectivity index (χ1) is 6.65. The zero-order chi connectivity index (χ0) is 10.6.